The molecule has 0 aliphatic heterocycles. The van der Waals surface area contributed by atoms with Crippen molar-refractivity contribution in [2.24, 2.45) is 0 Å². The summed E-state index contributed by atoms with van der Waals surface area (Å²) < 4.78 is 0. The number of nitrogens with two attached hydrogens (primary N) is 1. The van der Waals surface area contributed by atoms with Crippen molar-refractivity contribution in [3.05, 3.63) is 28.0 Å². The summed E-state index contributed by atoms with van der Waals surface area (Å²) in [6, 6.07) is 3.23. The molecule has 84 valence electrons. The van der Waals surface area contributed by atoms with E-state index in [1.54, 1.807) is 12.1 Å². The van der Waals surface area contributed by atoms with Gasteiger partial charge >= 0.3 is 0 Å². The largest absolute Gasteiger partial charge is 0.399 e. The van der Waals surface area contributed by atoms with Gasteiger partial charge in [0, 0.05) is 5.69 Å². The van der Waals surface area contributed by atoms with Gasteiger partial charge < -0.3 is 11.1 Å². The first kappa shape index (κ1) is 11.0. The van der Waals surface area contributed by atoms with Crippen LogP contribution in [0.25, 0.3) is 0 Å². The number of nitrogens with one attached hydrogen (secondary N) is 2. The predicted molar refractivity (Wildman–Crippen MR) is 62.4 cm³/mol. The highest BCUT2D eigenvalue weighted by Crippen LogP contribution is 2.32. The number of nitrogen functional groups attached to an aromatic ring is 1. The molecule has 0 aliphatic carbocycles. The molecule has 1 aromatic carbocycles. The standard InChI is InChI=1S/C8H8Cl2N6/c9-5-1-4(11)2-6(10)8(5)12-3-7-13-15-16-14-7/h1-2,12H,3,11H2,(H,13,14,15,16). The summed E-state index contributed by atoms with van der Waals surface area (Å²) in [6.07, 6.45) is 0. The Labute approximate surface area is 101 Å². The summed E-state index contributed by atoms with van der Waals surface area (Å²) in [4.78, 5) is 0. The molecular weight excluding hydrogens is 251 g/mol. The Morgan fingerprint density at radius 1 is 1.31 bits per heavy atom. The maximum atomic E-state index is 5.98. The summed E-state index contributed by atoms with van der Waals surface area (Å²) in [5.41, 5.74) is 6.70. The van der Waals surface area contributed by atoms with Crippen molar-refractivity contribution < 1.29 is 0 Å². The zero-order chi connectivity index (χ0) is 11.5. The quantitative estimate of drug-likeness (QED) is 0.729. The molecule has 1 aromatic heterocycles. The van der Waals surface area contributed by atoms with Crippen molar-refractivity contribution in [2.45, 2.75) is 6.54 Å². The number of nitrogens with zero attached hydrogens (tertiary/aromatic N) is 3. The molecule has 8 heteroatoms. The third-order valence-corrected chi connectivity index (χ3v) is 2.47. The van der Waals surface area contributed by atoms with Gasteiger partial charge in [0.15, 0.2) is 5.82 Å². The van der Waals surface area contributed by atoms with Crippen LogP contribution in [0, 0.1) is 0 Å². The van der Waals surface area contributed by atoms with E-state index >= 15 is 0 Å². The number of aromatic amines is 1. The van der Waals surface area contributed by atoms with E-state index in [1.807, 2.05) is 0 Å². The first-order valence-electron chi connectivity index (χ1n) is 4.37. The van der Waals surface area contributed by atoms with Crippen molar-refractivity contribution in [1.82, 2.24) is 20.6 Å². The molecular formula is C8H8Cl2N6. The van der Waals surface area contributed by atoms with Crippen molar-refractivity contribution in [2.75, 3.05) is 11.1 Å². The SMILES string of the molecule is Nc1cc(Cl)c(NCc2nn[nH]n2)c(Cl)c1. The molecule has 0 saturated heterocycles. The fourth-order valence-corrected chi connectivity index (χ4v) is 1.82. The second-order valence-electron chi connectivity index (χ2n) is 3.04. The number of anilines is 2. The van der Waals surface area contributed by atoms with Crippen molar-refractivity contribution in [3.63, 3.8) is 0 Å². The molecule has 0 aliphatic rings. The molecule has 16 heavy (non-hydrogen) atoms. The average molecular weight is 259 g/mol. The van der Waals surface area contributed by atoms with Gasteiger partial charge in [-0.25, -0.2) is 0 Å². The third-order valence-electron chi connectivity index (χ3n) is 1.88. The molecule has 0 radical (unpaired) electrons. The molecule has 0 bridgehead atoms. The lowest BCUT2D eigenvalue weighted by molar-refractivity contribution is 0.881. The fraction of sp³-hybridized carbons (Fsp3) is 0.125. The Morgan fingerprint density at radius 3 is 2.56 bits per heavy atom. The Balaban J connectivity index is 2.15. The van der Waals surface area contributed by atoms with Gasteiger partial charge in [-0.3, -0.25) is 0 Å². The minimum atomic E-state index is 0.375. The number of benzene rings is 1. The predicted octanol–water partition coefficient (Wildman–Crippen LogP) is 1.70. The van der Waals surface area contributed by atoms with Crippen LogP contribution in [0.4, 0.5) is 11.4 Å². The number of halogens is 2. The fourth-order valence-electron chi connectivity index (χ4n) is 1.19. The van der Waals surface area contributed by atoms with Crippen LogP contribution in [0.15, 0.2) is 12.1 Å². The molecule has 0 spiro atoms. The molecule has 6 nitrogen and oxygen atoms in total. The zero-order valence-electron chi connectivity index (χ0n) is 8.04. The average Bonchev–Trinajstić information content (AvgIpc) is 2.68. The lowest BCUT2D eigenvalue weighted by Gasteiger charge is -2.09. The highest BCUT2D eigenvalue weighted by atomic mass is 35.5. The van der Waals surface area contributed by atoms with E-state index in [1.165, 1.54) is 0 Å². The Morgan fingerprint density at radius 2 is 2.00 bits per heavy atom. The topological polar surface area (TPSA) is 92.5 Å². The van der Waals surface area contributed by atoms with Gasteiger partial charge in [-0.05, 0) is 12.1 Å². The van der Waals surface area contributed by atoms with Crippen LogP contribution < -0.4 is 11.1 Å². The molecule has 0 fully saturated rings. The number of tetrazole rings is 1. The molecule has 0 atom stereocenters. The molecule has 4 N–H and O–H groups in total. The van der Waals surface area contributed by atoms with Gasteiger partial charge in [0.25, 0.3) is 0 Å². The van der Waals surface area contributed by atoms with E-state index in [-0.39, 0.29) is 0 Å². The summed E-state index contributed by atoms with van der Waals surface area (Å²) in [6.45, 7) is 0.375. The molecule has 0 unspecified atom stereocenters. The minimum absolute atomic E-state index is 0.375. The van der Waals surface area contributed by atoms with Gasteiger partial charge in [-0.1, -0.05) is 28.4 Å². The van der Waals surface area contributed by atoms with E-state index in [9.17, 15) is 0 Å². The number of aromatic nitrogens is 4. The Bertz CT molecular complexity index is 460. The molecule has 0 amide bonds. The third kappa shape index (κ3) is 2.34. The second-order valence-corrected chi connectivity index (χ2v) is 3.86. The summed E-state index contributed by atoms with van der Waals surface area (Å²) in [5, 5.41) is 17.3. The number of H-pyrrole nitrogens is 1. The second kappa shape index (κ2) is 4.54. The summed E-state index contributed by atoms with van der Waals surface area (Å²) in [5.74, 6) is 0.518. The first-order valence-corrected chi connectivity index (χ1v) is 5.13. The Hall–Kier alpha value is -1.53. The van der Waals surface area contributed by atoms with E-state index < -0.39 is 0 Å². The van der Waals surface area contributed by atoms with Crippen LogP contribution in [0.2, 0.25) is 10.0 Å². The molecule has 1 heterocycles. The van der Waals surface area contributed by atoms with E-state index in [0.717, 1.165) is 0 Å². The lowest BCUT2D eigenvalue weighted by atomic mass is 10.3. The minimum Gasteiger partial charge on any atom is -0.399 e. The summed E-state index contributed by atoms with van der Waals surface area (Å²) in [7, 11) is 0. The smallest absolute Gasteiger partial charge is 0.193 e. The first-order chi connectivity index (χ1) is 7.66. The van der Waals surface area contributed by atoms with Crippen molar-refractivity contribution in [1.29, 1.82) is 0 Å². The maximum Gasteiger partial charge on any atom is 0.193 e. The van der Waals surface area contributed by atoms with E-state index in [2.05, 4.69) is 25.9 Å². The normalized spacial score (nSPS) is 10.4. The van der Waals surface area contributed by atoms with E-state index in [0.29, 0.717) is 33.8 Å². The zero-order valence-corrected chi connectivity index (χ0v) is 9.55. The number of rotatable bonds is 3. The van der Waals surface area contributed by atoms with Crippen LogP contribution in [0.3, 0.4) is 0 Å². The van der Waals surface area contributed by atoms with Crippen LogP contribution in [0.1, 0.15) is 5.82 Å². The van der Waals surface area contributed by atoms with Crippen LogP contribution >= 0.6 is 23.2 Å². The number of hydrogen-bond donors (Lipinski definition) is 3. The van der Waals surface area contributed by atoms with Gasteiger partial charge in [-0.15, -0.1) is 10.2 Å². The maximum absolute atomic E-state index is 5.98. The number of hydrogen-bond acceptors (Lipinski definition) is 5. The summed E-state index contributed by atoms with van der Waals surface area (Å²) >= 11 is 12.0. The lowest BCUT2D eigenvalue weighted by Crippen LogP contribution is -2.03. The van der Waals surface area contributed by atoms with Crippen LogP contribution in [0.5, 0.6) is 0 Å². The van der Waals surface area contributed by atoms with Crippen molar-refractivity contribution in [3.8, 4) is 0 Å². The molecule has 2 rings (SSSR count). The monoisotopic (exact) mass is 258 g/mol. The van der Waals surface area contributed by atoms with Gasteiger partial charge in [0.1, 0.15) is 0 Å². The van der Waals surface area contributed by atoms with Crippen LogP contribution in [-0.4, -0.2) is 20.6 Å². The molecule has 0 saturated carbocycles. The van der Waals surface area contributed by atoms with Crippen molar-refractivity contribution >= 4 is 34.6 Å². The van der Waals surface area contributed by atoms with Crippen LogP contribution in [-0.2, 0) is 6.54 Å². The highest BCUT2D eigenvalue weighted by molar-refractivity contribution is 6.39. The van der Waals surface area contributed by atoms with E-state index in [4.69, 9.17) is 28.9 Å². The van der Waals surface area contributed by atoms with Gasteiger partial charge in [-0.2, -0.15) is 5.21 Å². The highest BCUT2D eigenvalue weighted by Gasteiger charge is 2.07. The molecule has 2 aromatic rings. The van der Waals surface area contributed by atoms with Gasteiger partial charge in [0.2, 0.25) is 0 Å². The van der Waals surface area contributed by atoms with Gasteiger partial charge in [0.05, 0.1) is 22.3 Å². The Kier molecular flexibility index (Phi) is 3.12.